The zero-order valence-electron chi connectivity index (χ0n) is 17.3. The lowest BCUT2D eigenvalue weighted by Gasteiger charge is -2.34. The highest BCUT2D eigenvalue weighted by molar-refractivity contribution is 6.04. The summed E-state index contributed by atoms with van der Waals surface area (Å²) in [6.07, 6.45) is 3.66. The van der Waals surface area contributed by atoms with Crippen LogP contribution in [0.15, 0.2) is 24.3 Å². The van der Waals surface area contributed by atoms with E-state index in [9.17, 15) is 14.4 Å². The van der Waals surface area contributed by atoms with Crippen LogP contribution in [0.2, 0.25) is 0 Å². The van der Waals surface area contributed by atoms with E-state index in [2.05, 4.69) is 5.32 Å². The first-order chi connectivity index (χ1) is 14.6. The van der Waals surface area contributed by atoms with E-state index in [0.29, 0.717) is 50.6 Å². The largest absolute Gasteiger partial charge is 0.378 e. The minimum atomic E-state index is -0.267. The molecule has 3 aliphatic heterocycles. The van der Waals surface area contributed by atoms with Crippen LogP contribution in [0.25, 0.3) is 0 Å². The second-order valence-electron chi connectivity index (χ2n) is 8.20. The van der Waals surface area contributed by atoms with Gasteiger partial charge in [0.05, 0.1) is 30.4 Å². The number of carbonyl (C=O) groups is 3. The molecule has 0 radical (unpaired) electrons. The Kier molecular flexibility index (Phi) is 6.52. The number of hydrogen-bond donors (Lipinski definition) is 1. The average molecular weight is 415 g/mol. The van der Waals surface area contributed by atoms with Crippen LogP contribution in [0.5, 0.6) is 0 Å². The molecule has 3 fully saturated rings. The van der Waals surface area contributed by atoms with Gasteiger partial charge in [-0.2, -0.15) is 0 Å². The second-order valence-corrected chi connectivity index (χ2v) is 8.20. The zero-order chi connectivity index (χ0) is 20.9. The Bertz CT molecular complexity index is 787. The number of para-hydroxylation sites is 1. The number of nitrogens with one attached hydrogen (secondary N) is 1. The van der Waals surface area contributed by atoms with E-state index in [0.717, 1.165) is 38.8 Å². The predicted octanol–water partition coefficient (Wildman–Crippen LogP) is 2.03. The molecule has 0 bridgehead atoms. The summed E-state index contributed by atoms with van der Waals surface area (Å²) in [5.41, 5.74) is 1.02. The molecule has 1 unspecified atom stereocenters. The lowest BCUT2D eigenvalue weighted by Crippen LogP contribution is -2.48. The Balaban J connectivity index is 1.41. The summed E-state index contributed by atoms with van der Waals surface area (Å²) < 4.78 is 5.33. The SMILES string of the molecule is O=C(Nc1ccccc1C(=O)N1CCOCC1)C1CCCN(C(=O)N2CCCC2)C1. The van der Waals surface area contributed by atoms with Crippen molar-refractivity contribution in [1.82, 2.24) is 14.7 Å². The van der Waals surface area contributed by atoms with E-state index in [1.807, 2.05) is 15.9 Å². The van der Waals surface area contributed by atoms with E-state index in [4.69, 9.17) is 4.74 Å². The van der Waals surface area contributed by atoms with Gasteiger partial charge in [-0.15, -0.1) is 0 Å². The Morgan fingerprint density at radius 2 is 1.57 bits per heavy atom. The maximum Gasteiger partial charge on any atom is 0.320 e. The second kappa shape index (κ2) is 9.47. The Labute approximate surface area is 177 Å². The Morgan fingerprint density at radius 1 is 0.867 bits per heavy atom. The number of amides is 4. The minimum Gasteiger partial charge on any atom is -0.378 e. The Hall–Kier alpha value is -2.61. The molecule has 4 amide bonds. The van der Waals surface area contributed by atoms with Crippen LogP contribution in [0.4, 0.5) is 10.5 Å². The molecule has 162 valence electrons. The number of ether oxygens (including phenoxy) is 1. The van der Waals surface area contributed by atoms with Crippen LogP contribution < -0.4 is 5.32 Å². The Morgan fingerprint density at radius 3 is 2.33 bits per heavy atom. The molecule has 3 heterocycles. The summed E-state index contributed by atoms with van der Waals surface area (Å²) in [6.45, 7) is 4.92. The number of nitrogens with zero attached hydrogens (tertiary/aromatic N) is 3. The van der Waals surface area contributed by atoms with Crippen LogP contribution in [0.3, 0.4) is 0 Å². The van der Waals surface area contributed by atoms with Gasteiger partial charge >= 0.3 is 6.03 Å². The molecule has 8 heteroatoms. The number of hydrogen-bond acceptors (Lipinski definition) is 4. The molecule has 1 aromatic carbocycles. The van der Waals surface area contributed by atoms with Crippen LogP contribution >= 0.6 is 0 Å². The fraction of sp³-hybridized carbons (Fsp3) is 0.591. The van der Waals surface area contributed by atoms with Crippen molar-refractivity contribution in [2.45, 2.75) is 25.7 Å². The molecular formula is C22H30N4O4. The smallest absolute Gasteiger partial charge is 0.320 e. The van der Waals surface area contributed by atoms with Gasteiger partial charge in [-0.3, -0.25) is 9.59 Å². The minimum absolute atomic E-state index is 0.0490. The van der Waals surface area contributed by atoms with Crippen molar-refractivity contribution in [3.8, 4) is 0 Å². The van der Waals surface area contributed by atoms with E-state index in [-0.39, 0.29) is 23.8 Å². The van der Waals surface area contributed by atoms with Gasteiger partial charge in [0, 0.05) is 39.3 Å². The summed E-state index contributed by atoms with van der Waals surface area (Å²) in [4.78, 5) is 44.1. The summed E-state index contributed by atoms with van der Waals surface area (Å²) in [5, 5.41) is 2.96. The number of likely N-dealkylation sites (tertiary alicyclic amines) is 2. The third-order valence-corrected chi connectivity index (χ3v) is 6.15. The summed E-state index contributed by atoms with van der Waals surface area (Å²) in [7, 11) is 0. The van der Waals surface area contributed by atoms with Crippen LogP contribution in [-0.4, -0.2) is 85.0 Å². The van der Waals surface area contributed by atoms with Crippen LogP contribution in [0, 0.1) is 5.92 Å². The van der Waals surface area contributed by atoms with Gasteiger partial charge in [-0.05, 0) is 37.8 Å². The van der Waals surface area contributed by atoms with Crippen molar-refractivity contribution in [1.29, 1.82) is 0 Å². The highest BCUT2D eigenvalue weighted by atomic mass is 16.5. The number of benzene rings is 1. The molecule has 0 spiro atoms. The molecule has 0 aromatic heterocycles. The van der Waals surface area contributed by atoms with Crippen molar-refractivity contribution >= 4 is 23.5 Å². The summed E-state index contributed by atoms with van der Waals surface area (Å²) in [5.74, 6) is -0.489. The van der Waals surface area contributed by atoms with Gasteiger partial charge in [0.2, 0.25) is 5.91 Å². The van der Waals surface area contributed by atoms with Crippen molar-refractivity contribution in [2.24, 2.45) is 5.92 Å². The number of urea groups is 1. The summed E-state index contributed by atoms with van der Waals surface area (Å²) >= 11 is 0. The maximum absolute atomic E-state index is 13.0. The molecule has 0 aliphatic carbocycles. The molecule has 30 heavy (non-hydrogen) atoms. The highest BCUT2D eigenvalue weighted by Crippen LogP contribution is 2.23. The van der Waals surface area contributed by atoms with Gasteiger partial charge in [-0.1, -0.05) is 12.1 Å². The van der Waals surface area contributed by atoms with Crippen LogP contribution in [0.1, 0.15) is 36.0 Å². The molecule has 3 aliphatic rings. The normalized spacial score (nSPS) is 22.1. The molecule has 1 aromatic rings. The number of morpholine rings is 1. The van der Waals surface area contributed by atoms with E-state index in [1.54, 1.807) is 23.1 Å². The molecule has 4 rings (SSSR count). The lowest BCUT2D eigenvalue weighted by atomic mass is 9.97. The molecule has 1 atom stereocenters. The van der Waals surface area contributed by atoms with Crippen molar-refractivity contribution in [2.75, 3.05) is 57.8 Å². The topological polar surface area (TPSA) is 82.2 Å². The first-order valence-corrected chi connectivity index (χ1v) is 10.9. The molecule has 1 N–H and O–H groups in total. The van der Waals surface area contributed by atoms with Gasteiger partial charge in [0.25, 0.3) is 5.91 Å². The van der Waals surface area contributed by atoms with Crippen molar-refractivity contribution < 1.29 is 19.1 Å². The van der Waals surface area contributed by atoms with Gasteiger partial charge in [0.1, 0.15) is 0 Å². The molecule has 0 saturated carbocycles. The fourth-order valence-electron chi connectivity index (χ4n) is 4.42. The average Bonchev–Trinajstić information content (AvgIpc) is 3.34. The van der Waals surface area contributed by atoms with E-state index < -0.39 is 0 Å². The lowest BCUT2D eigenvalue weighted by molar-refractivity contribution is -0.121. The first-order valence-electron chi connectivity index (χ1n) is 10.9. The molecular weight excluding hydrogens is 384 g/mol. The zero-order valence-corrected chi connectivity index (χ0v) is 17.3. The fourth-order valence-corrected chi connectivity index (χ4v) is 4.42. The van der Waals surface area contributed by atoms with E-state index >= 15 is 0 Å². The third-order valence-electron chi connectivity index (χ3n) is 6.15. The monoisotopic (exact) mass is 414 g/mol. The predicted molar refractivity (Wildman–Crippen MR) is 112 cm³/mol. The highest BCUT2D eigenvalue weighted by Gasteiger charge is 2.32. The standard InChI is InChI=1S/C22H30N4O4/c27-20(17-6-5-11-26(16-17)22(29)25-9-3-4-10-25)23-19-8-2-1-7-18(19)21(28)24-12-14-30-15-13-24/h1-2,7-8,17H,3-6,9-16H2,(H,23,27). The number of carbonyl (C=O) groups excluding carboxylic acids is 3. The molecule has 3 saturated heterocycles. The van der Waals surface area contributed by atoms with Gasteiger partial charge < -0.3 is 24.8 Å². The number of piperidine rings is 1. The molecule has 8 nitrogen and oxygen atoms in total. The third kappa shape index (κ3) is 4.59. The summed E-state index contributed by atoms with van der Waals surface area (Å²) in [6, 6.07) is 7.18. The van der Waals surface area contributed by atoms with Crippen molar-refractivity contribution in [3.63, 3.8) is 0 Å². The van der Waals surface area contributed by atoms with Gasteiger partial charge in [0.15, 0.2) is 0 Å². The van der Waals surface area contributed by atoms with Crippen molar-refractivity contribution in [3.05, 3.63) is 29.8 Å². The van der Waals surface area contributed by atoms with E-state index in [1.165, 1.54) is 0 Å². The van der Waals surface area contributed by atoms with Gasteiger partial charge in [-0.25, -0.2) is 4.79 Å². The quantitative estimate of drug-likeness (QED) is 0.821. The van der Waals surface area contributed by atoms with Crippen LogP contribution in [-0.2, 0) is 9.53 Å². The maximum atomic E-state index is 13.0. The first kappa shape index (κ1) is 20.7. The number of anilines is 1. The number of rotatable bonds is 3.